The van der Waals surface area contributed by atoms with Crippen LogP contribution in [0.4, 0.5) is 18.0 Å². The molecule has 234 valence electrons. The lowest BCUT2D eigenvalue weighted by Gasteiger charge is -2.16. The van der Waals surface area contributed by atoms with Gasteiger partial charge in [0.1, 0.15) is 18.0 Å². The fourth-order valence-electron chi connectivity index (χ4n) is 4.70. The number of ether oxygens (including phenoxy) is 1. The fourth-order valence-corrected chi connectivity index (χ4v) is 5.56. The molecule has 3 aromatic carbocycles. The quantitative estimate of drug-likeness (QED) is 0.168. The zero-order chi connectivity index (χ0) is 33.0. The van der Waals surface area contributed by atoms with Crippen LogP contribution >= 0.6 is 11.3 Å². The van der Waals surface area contributed by atoms with Gasteiger partial charge in [-0.25, -0.2) is 19.5 Å². The van der Waals surface area contributed by atoms with Gasteiger partial charge in [-0.3, -0.25) is 4.57 Å². The van der Waals surface area contributed by atoms with E-state index in [9.17, 15) is 23.2 Å². The maximum absolute atomic E-state index is 12.8. The molecule has 0 aliphatic rings. The van der Waals surface area contributed by atoms with Crippen molar-refractivity contribution in [3.05, 3.63) is 106 Å². The number of hydrogen-bond acceptors (Lipinski definition) is 6. The van der Waals surface area contributed by atoms with Crippen molar-refractivity contribution in [2.24, 2.45) is 9.98 Å². The van der Waals surface area contributed by atoms with Crippen LogP contribution in [0.2, 0.25) is 0 Å². The van der Waals surface area contributed by atoms with Gasteiger partial charge in [0, 0.05) is 22.9 Å². The number of hydrogen-bond donors (Lipinski definition) is 0. The smallest absolute Gasteiger partial charge is 0.406 e. The molecule has 0 aliphatic heterocycles. The number of alkyl halides is 3. The number of aliphatic imine (C=N–C) groups is 1. The second-order valence-corrected chi connectivity index (χ2v) is 11.5. The van der Waals surface area contributed by atoms with Gasteiger partial charge in [0.05, 0.1) is 17.4 Å². The van der Waals surface area contributed by atoms with E-state index in [0.29, 0.717) is 27.4 Å². The number of amides is 2. The lowest BCUT2D eigenvalue weighted by Crippen LogP contribution is -2.18. The van der Waals surface area contributed by atoms with Crippen LogP contribution in [0.1, 0.15) is 48.1 Å². The van der Waals surface area contributed by atoms with Crippen molar-refractivity contribution >= 4 is 23.6 Å². The first-order chi connectivity index (χ1) is 21.9. The largest absolute Gasteiger partial charge is 0.573 e. The first-order valence-corrected chi connectivity index (χ1v) is 15.0. The minimum Gasteiger partial charge on any atom is -0.406 e. The molecule has 2 amide bonds. The summed E-state index contributed by atoms with van der Waals surface area (Å²) in [6, 6.07) is 19.8. The molecule has 0 N–H and O–H groups in total. The molecule has 0 fully saturated rings. The van der Waals surface area contributed by atoms with Crippen molar-refractivity contribution in [3.8, 4) is 34.6 Å². The summed E-state index contributed by atoms with van der Waals surface area (Å²) in [7, 11) is 0. The van der Waals surface area contributed by atoms with E-state index in [-0.39, 0.29) is 11.7 Å². The van der Waals surface area contributed by atoms with E-state index in [4.69, 9.17) is 0 Å². The normalized spacial score (nSPS) is 12.9. The molecule has 5 rings (SSSR count). The lowest BCUT2D eigenvalue weighted by atomic mass is 9.99. The van der Waals surface area contributed by atoms with Gasteiger partial charge in [-0.2, -0.15) is 10.3 Å². The Balaban J connectivity index is 1.31. The second-order valence-electron chi connectivity index (χ2n) is 10.7. The molecule has 0 saturated carbocycles. The predicted molar refractivity (Wildman–Crippen MR) is 168 cm³/mol. The van der Waals surface area contributed by atoms with Gasteiger partial charge in [0.2, 0.25) is 0 Å². The van der Waals surface area contributed by atoms with Crippen LogP contribution in [-0.4, -0.2) is 37.9 Å². The summed E-state index contributed by atoms with van der Waals surface area (Å²) >= 11 is 1.34. The highest BCUT2D eigenvalue weighted by Crippen LogP contribution is 2.26. The van der Waals surface area contributed by atoms with Gasteiger partial charge < -0.3 is 4.74 Å². The van der Waals surface area contributed by atoms with Crippen molar-refractivity contribution in [2.45, 2.75) is 45.9 Å². The van der Waals surface area contributed by atoms with Gasteiger partial charge in [-0.05, 0) is 66.8 Å². The Labute approximate surface area is 266 Å². The van der Waals surface area contributed by atoms with Crippen molar-refractivity contribution in [1.82, 2.24) is 19.3 Å². The maximum atomic E-state index is 12.8. The first-order valence-electron chi connectivity index (χ1n) is 14.1. The summed E-state index contributed by atoms with van der Waals surface area (Å²) in [6.45, 7) is 8.20. The number of benzene rings is 3. The maximum Gasteiger partial charge on any atom is 0.573 e. The SMILES string of the molecule is Cc1ccc(C(C)C)c(-n2c(C)csc2=NC(=O)N=CC(C#N)c2ccc(-c3ncn(-c4ccc(OC(F)(F)F)cc4)n3)cc2)c1. The second kappa shape index (κ2) is 13.3. The molecule has 13 heteroatoms. The third kappa shape index (κ3) is 7.47. The average Bonchev–Trinajstić information content (AvgIpc) is 3.64. The van der Waals surface area contributed by atoms with E-state index in [0.717, 1.165) is 22.5 Å². The van der Waals surface area contributed by atoms with Crippen LogP contribution in [0.5, 0.6) is 5.75 Å². The van der Waals surface area contributed by atoms with Crippen molar-refractivity contribution < 1.29 is 22.7 Å². The molecule has 9 nitrogen and oxygen atoms in total. The van der Waals surface area contributed by atoms with Crippen LogP contribution in [-0.2, 0) is 0 Å². The summed E-state index contributed by atoms with van der Waals surface area (Å²) in [4.78, 5) is 25.8. The molecule has 0 saturated heterocycles. The standard InChI is InChI=1S/C33H28F3N7O2S/c1-20(2)28-14-5-21(3)15-29(28)43-22(4)18-46-32(43)40-31(44)38-17-25(16-37)23-6-8-24(9-7-23)30-39-19-42(41-30)26-10-12-27(13-11-26)45-33(34,35)36/h5-15,17-20,25H,1-4H3. The number of carbonyl (C=O) groups is 1. The summed E-state index contributed by atoms with van der Waals surface area (Å²) in [5.74, 6) is -0.517. The van der Waals surface area contributed by atoms with Gasteiger partial charge >= 0.3 is 12.4 Å². The molecule has 2 heterocycles. The van der Waals surface area contributed by atoms with Gasteiger partial charge in [-0.1, -0.05) is 50.2 Å². The minimum atomic E-state index is -4.78. The van der Waals surface area contributed by atoms with Crippen molar-refractivity contribution in [2.75, 3.05) is 0 Å². The molecule has 5 aromatic rings. The Morgan fingerprint density at radius 2 is 1.78 bits per heavy atom. The third-order valence-corrected chi connectivity index (χ3v) is 7.89. The summed E-state index contributed by atoms with van der Waals surface area (Å²) in [5.41, 5.74) is 5.87. The van der Waals surface area contributed by atoms with Crippen LogP contribution in [0.25, 0.3) is 22.8 Å². The van der Waals surface area contributed by atoms with Crippen LogP contribution in [0.15, 0.2) is 88.4 Å². The summed E-state index contributed by atoms with van der Waals surface area (Å²) in [5, 5.41) is 16.1. The number of aromatic nitrogens is 4. The molecule has 0 aliphatic carbocycles. The number of aryl methyl sites for hydroxylation is 2. The molecule has 1 unspecified atom stereocenters. The molecule has 0 spiro atoms. The van der Waals surface area contributed by atoms with E-state index in [1.54, 1.807) is 24.3 Å². The molecule has 0 radical (unpaired) electrons. The molecular weight excluding hydrogens is 615 g/mol. The Kier molecular flexibility index (Phi) is 9.29. The number of thiazole rings is 1. The molecule has 1 atom stereocenters. The number of rotatable bonds is 7. The highest BCUT2D eigenvalue weighted by atomic mass is 32.1. The first kappa shape index (κ1) is 32.1. The Morgan fingerprint density at radius 3 is 2.43 bits per heavy atom. The van der Waals surface area contributed by atoms with E-state index in [2.05, 4.69) is 62.9 Å². The number of nitriles is 1. The van der Waals surface area contributed by atoms with Crippen LogP contribution in [0.3, 0.4) is 0 Å². The molecule has 46 heavy (non-hydrogen) atoms. The number of urea groups is 1. The monoisotopic (exact) mass is 643 g/mol. The number of carbonyl (C=O) groups excluding carboxylic acids is 1. The van der Waals surface area contributed by atoms with Gasteiger partial charge in [-0.15, -0.1) is 29.6 Å². The average molecular weight is 644 g/mol. The topological polar surface area (TPSA) is 110 Å². The summed E-state index contributed by atoms with van der Waals surface area (Å²) < 4.78 is 44.6. The Hall–Kier alpha value is -5.35. The van der Waals surface area contributed by atoms with Gasteiger partial charge in [0.25, 0.3) is 0 Å². The lowest BCUT2D eigenvalue weighted by molar-refractivity contribution is -0.274. The highest BCUT2D eigenvalue weighted by Gasteiger charge is 2.31. The van der Waals surface area contributed by atoms with E-state index < -0.39 is 18.3 Å². The third-order valence-electron chi connectivity index (χ3n) is 6.95. The molecular formula is C33H28F3N7O2S. The predicted octanol–water partition coefficient (Wildman–Crippen LogP) is 7.82. The Morgan fingerprint density at radius 1 is 1.07 bits per heavy atom. The van der Waals surface area contributed by atoms with Gasteiger partial charge in [0.15, 0.2) is 10.6 Å². The summed E-state index contributed by atoms with van der Waals surface area (Å²) in [6.07, 6.45) is -2.07. The minimum absolute atomic E-state index is 0.265. The zero-order valence-corrected chi connectivity index (χ0v) is 26.0. The van der Waals surface area contributed by atoms with Crippen molar-refractivity contribution in [1.29, 1.82) is 5.26 Å². The van der Waals surface area contributed by atoms with E-state index in [1.807, 2.05) is 23.8 Å². The highest BCUT2D eigenvalue weighted by molar-refractivity contribution is 7.07. The van der Waals surface area contributed by atoms with Crippen LogP contribution in [0, 0.1) is 25.2 Å². The van der Waals surface area contributed by atoms with E-state index in [1.165, 1.54) is 52.8 Å². The van der Waals surface area contributed by atoms with Crippen LogP contribution < -0.4 is 9.54 Å². The fraction of sp³-hybridized carbons (Fsp3) is 0.212. The number of nitrogens with zero attached hydrogens (tertiary/aromatic N) is 7. The molecule has 2 aromatic heterocycles. The Bertz CT molecular complexity index is 2000. The molecule has 0 bridgehead atoms. The van der Waals surface area contributed by atoms with Crippen molar-refractivity contribution in [3.63, 3.8) is 0 Å². The number of halogens is 3. The van der Waals surface area contributed by atoms with E-state index >= 15 is 0 Å². The zero-order valence-electron chi connectivity index (χ0n) is 25.2.